The fourth-order valence-electron chi connectivity index (χ4n) is 9.47. The van der Waals surface area contributed by atoms with Crippen LogP contribution in [0, 0.1) is 16.6 Å². The Morgan fingerprint density at radius 3 is 1.80 bits per heavy atom. The van der Waals surface area contributed by atoms with E-state index in [9.17, 15) is 18.8 Å². The molecule has 3 aromatic carbocycles. The number of ether oxygens (including phenoxy) is 1. The van der Waals surface area contributed by atoms with Gasteiger partial charge in [0.15, 0.2) is 0 Å². The minimum absolute atomic E-state index is 0.00277. The van der Waals surface area contributed by atoms with Crippen molar-refractivity contribution in [2.75, 3.05) is 25.1 Å². The third-order valence-electron chi connectivity index (χ3n) is 12.3. The third kappa shape index (κ3) is 8.12. The molecule has 3 saturated heterocycles. The summed E-state index contributed by atoms with van der Waals surface area (Å²) in [6.07, 6.45) is 5.04. The summed E-state index contributed by atoms with van der Waals surface area (Å²) < 4.78 is 19.2. The van der Waals surface area contributed by atoms with Gasteiger partial charge in [-0.15, -0.1) is 0 Å². The zero-order valence-electron chi connectivity index (χ0n) is 35.3. The van der Waals surface area contributed by atoms with E-state index in [2.05, 4.69) is 71.3 Å². The molecule has 3 N–H and O–H groups in total. The molecular weight excluding hydrogens is 748 g/mol. The number of carbonyl (C=O) groups is 3. The molecule has 3 aliphatic heterocycles. The van der Waals surface area contributed by atoms with Crippen LogP contribution in [-0.2, 0) is 14.3 Å². The number of methoxy groups -OCH3 is 1. The lowest BCUT2D eigenvalue weighted by atomic mass is 9.85. The number of carbonyl (C=O) groups excluding carboxylic acids is 3. The summed E-state index contributed by atoms with van der Waals surface area (Å²) in [5.74, 6) is 1.29. The molecule has 5 aromatic rings. The van der Waals surface area contributed by atoms with Crippen molar-refractivity contribution in [3.63, 3.8) is 0 Å². The highest BCUT2D eigenvalue weighted by atomic mass is 19.1. The molecule has 0 radical (unpaired) electrons. The molecule has 3 aliphatic rings. The van der Waals surface area contributed by atoms with Crippen molar-refractivity contribution < 1.29 is 23.5 Å². The van der Waals surface area contributed by atoms with Gasteiger partial charge in [-0.2, -0.15) is 0 Å². The molecule has 3 fully saturated rings. The van der Waals surface area contributed by atoms with Gasteiger partial charge in [0.25, 0.3) is 0 Å². The Morgan fingerprint density at radius 1 is 0.763 bits per heavy atom. The molecule has 0 saturated carbocycles. The van der Waals surface area contributed by atoms with E-state index in [0.29, 0.717) is 13.0 Å². The van der Waals surface area contributed by atoms with Crippen molar-refractivity contribution in [3.05, 3.63) is 89.3 Å². The molecule has 59 heavy (non-hydrogen) atoms. The number of benzene rings is 3. The van der Waals surface area contributed by atoms with Gasteiger partial charge in [0, 0.05) is 25.2 Å². The standard InChI is InChI=1S/C46H57FN8O4/c1-45(2,3)26-39(56)53-22-8-10-37(53)41-48-31-18-12-27(24-33(31)50-41)35-20-21-36(55(35)30-16-14-29(47)15-17-30)28-13-19-32-34(25-28)51-42(49-32)38-11-9-23-54(38)43(57)40(46(4,5)6)52-44(58)59-7/h12-19,24-25,35-38,40H,8-11,20-23,26H2,1-7H3,(H,48,50)(H,49,51)(H,52,58)/t35-,36-,37-,38-,40+/m0/s1. The first-order valence-electron chi connectivity index (χ1n) is 21.1. The molecule has 0 bridgehead atoms. The maximum atomic E-state index is 14.3. The number of hydrogen-bond donors (Lipinski definition) is 3. The predicted octanol–water partition coefficient (Wildman–Crippen LogP) is 9.20. The third-order valence-corrected chi connectivity index (χ3v) is 12.3. The number of aromatic nitrogens is 4. The molecular formula is C46H57FN8O4. The SMILES string of the molecule is COC(=O)N[C@H](C(=O)N1CCC[C@H]1c1nc2ccc([C@@H]3CC[C@@H](c4ccc5nc([C@@H]6CCCN6C(=O)CC(C)(C)C)[nH]c5c4)N3c3ccc(F)cc3)cc2[nH]1)C(C)(C)C. The van der Waals surface area contributed by atoms with Gasteiger partial charge >= 0.3 is 6.09 Å². The number of nitrogens with zero attached hydrogens (tertiary/aromatic N) is 5. The van der Waals surface area contributed by atoms with Crippen LogP contribution in [0.1, 0.15) is 133 Å². The highest BCUT2D eigenvalue weighted by Gasteiger charge is 2.42. The van der Waals surface area contributed by atoms with Crippen molar-refractivity contribution in [1.82, 2.24) is 35.1 Å². The van der Waals surface area contributed by atoms with Crippen LogP contribution in [0.5, 0.6) is 0 Å². The average Bonchev–Trinajstić information content (AvgIpc) is 4.03. The quantitative estimate of drug-likeness (QED) is 0.142. The highest BCUT2D eigenvalue weighted by Crippen LogP contribution is 2.48. The van der Waals surface area contributed by atoms with Crippen molar-refractivity contribution in [2.24, 2.45) is 10.8 Å². The Balaban J connectivity index is 1.07. The Bertz CT molecular complexity index is 2360. The average molecular weight is 805 g/mol. The molecule has 5 atom stereocenters. The molecule has 8 rings (SSSR count). The first kappa shape index (κ1) is 40.3. The van der Waals surface area contributed by atoms with E-state index < -0.39 is 17.6 Å². The number of alkyl carbamates (subject to hydrolysis) is 1. The topological polar surface area (TPSA) is 140 Å². The smallest absolute Gasteiger partial charge is 0.407 e. The molecule has 2 aromatic heterocycles. The first-order valence-corrected chi connectivity index (χ1v) is 21.1. The van der Waals surface area contributed by atoms with Crippen LogP contribution in [0.4, 0.5) is 14.9 Å². The van der Waals surface area contributed by atoms with Crippen LogP contribution in [0.3, 0.4) is 0 Å². The van der Waals surface area contributed by atoms with Crippen LogP contribution >= 0.6 is 0 Å². The lowest BCUT2D eigenvalue weighted by molar-refractivity contribution is -0.137. The lowest BCUT2D eigenvalue weighted by Crippen LogP contribution is -2.54. The Labute approximate surface area is 345 Å². The summed E-state index contributed by atoms with van der Waals surface area (Å²) >= 11 is 0. The molecule has 13 heteroatoms. The molecule has 312 valence electrons. The van der Waals surface area contributed by atoms with Crippen molar-refractivity contribution in [3.8, 4) is 0 Å². The normalized spacial score (nSPS) is 21.8. The number of nitrogens with one attached hydrogen (secondary N) is 3. The first-order chi connectivity index (χ1) is 28.1. The maximum Gasteiger partial charge on any atom is 0.407 e. The second kappa shape index (κ2) is 15.6. The molecule has 5 heterocycles. The van der Waals surface area contributed by atoms with E-state index in [0.717, 1.165) is 95.6 Å². The van der Waals surface area contributed by atoms with Crippen molar-refractivity contribution in [1.29, 1.82) is 0 Å². The van der Waals surface area contributed by atoms with Gasteiger partial charge in [0.2, 0.25) is 11.8 Å². The summed E-state index contributed by atoms with van der Waals surface area (Å²) in [4.78, 5) is 62.9. The van der Waals surface area contributed by atoms with Crippen LogP contribution < -0.4 is 10.2 Å². The van der Waals surface area contributed by atoms with Gasteiger partial charge in [-0.3, -0.25) is 9.59 Å². The van der Waals surface area contributed by atoms with E-state index in [1.54, 1.807) is 0 Å². The number of rotatable bonds is 8. The predicted molar refractivity (Wildman–Crippen MR) is 226 cm³/mol. The zero-order chi connectivity index (χ0) is 41.8. The summed E-state index contributed by atoms with van der Waals surface area (Å²) in [6, 6.07) is 18.4. The number of amides is 3. The maximum absolute atomic E-state index is 14.3. The minimum Gasteiger partial charge on any atom is -0.453 e. The number of hydrogen-bond acceptors (Lipinski definition) is 7. The lowest BCUT2D eigenvalue weighted by Gasteiger charge is -2.34. The van der Waals surface area contributed by atoms with Crippen LogP contribution in [0.15, 0.2) is 60.7 Å². The number of H-pyrrole nitrogens is 2. The van der Waals surface area contributed by atoms with Gasteiger partial charge < -0.3 is 34.7 Å². The number of imidazole rings is 2. The monoisotopic (exact) mass is 804 g/mol. The number of halogens is 1. The van der Waals surface area contributed by atoms with Crippen LogP contribution in [0.25, 0.3) is 22.1 Å². The van der Waals surface area contributed by atoms with E-state index >= 15 is 0 Å². The largest absolute Gasteiger partial charge is 0.453 e. The van der Waals surface area contributed by atoms with E-state index in [1.165, 1.54) is 19.2 Å². The van der Waals surface area contributed by atoms with E-state index in [4.69, 9.17) is 14.7 Å². The second-order valence-electron chi connectivity index (χ2n) is 18.9. The van der Waals surface area contributed by atoms with Crippen molar-refractivity contribution in [2.45, 2.75) is 117 Å². The number of likely N-dealkylation sites (tertiary alicyclic amines) is 2. The second-order valence-corrected chi connectivity index (χ2v) is 18.9. The Morgan fingerprint density at radius 2 is 1.29 bits per heavy atom. The Kier molecular flexibility index (Phi) is 10.7. The number of aromatic amines is 2. The summed E-state index contributed by atoms with van der Waals surface area (Å²) in [7, 11) is 1.30. The molecule has 12 nitrogen and oxygen atoms in total. The molecule has 3 amide bonds. The molecule has 0 spiro atoms. The van der Waals surface area contributed by atoms with Crippen molar-refractivity contribution >= 4 is 45.7 Å². The summed E-state index contributed by atoms with van der Waals surface area (Å²) in [5, 5.41) is 2.76. The fraction of sp³-hybridized carbons (Fsp3) is 0.500. The van der Waals surface area contributed by atoms with E-state index in [-0.39, 0.29) is 47.2 Å². The van der Waals surface area contributed by atoms with Gasteiger partial charge in [0.1, 0.15) is 23.5 Å². The summed E-state index contributed by atoms with van der Waals surface area (Å²) in [6.45, 7) is 13.4. The van der Waals surface area contributed by atoms with Gasteiger partial charge in [-0.05, 0) is 109 Å². The number of anilines is 1. The Hall–Kier alpha value is -5.46. The van der Waals surface area contributed by atoms with Gasteiger partial charge in [-0.25, -0.2) is 19.2 Å². The summed E-state index contributed by atoms with van der Waals surface area (Å²) in [5.41, 5.74) is 6.07. The highest BCUT2D eigenvalue weighted by molar-refractivity contribution is 5.87. The van der Waals surface area contributed by atoms with E-state index in [1.807, 2.05) is 48.8 Å². The molecule has 0 aliphatic carbocycles. The zero-order valence-corrected chi connectivity index (χ0v) is 35.3. The minimum atomic E-state index is -0.762. The number of fused-ring (bicyclic) bond motifs is 2. The van der Waals surface area contributed by atoms with Gasteiger partial charge in [0.05, 0.1) is 53.3 Å². The van der Waals surface area contributed by atoms with Crippen LogP contribution in [-0.4, -0.2) is 73.9 Å². The fourth-order valence-corrected chi connectivity index (χ4v) is 9.47. The van der Waals surface area contributed by atoms with Gasteiger partial charge in [-0.1, -0.05) is 53.7 Å². The van der Waals surface area contributed by atoms with Crippen LogP contribution in [0.2, 0.25) is 0 Å². The molecule has 0 unspecified atom stereocenters.